The molecule has 0 amide bonds. The van der Waals surface area contributed by atoms with Crippen LogP contribution in [0.2, 0.25) is 0 Å². The molecule has 0 aliphatic rings. The van der Waals surface area contributed by atoms with Crippen molar-refractivity contribution in [2.45, 2.75) is 12.5 Å². The van der Waals surface area contributed by atoms with Crippen LogP contribution in [0.5, 0.6) is 5.75 Å². The largest absolute Gasteiger partial charge is 0.573 e. The lowest BCUT2D eigenvalue weighted by molar-refractivity contribution is -0.274. The van der Waals surface area contributed by atoms with E-state index in [0.29, 0.717) is 22.2 Å². The molecule has 126 valence electrons. The summed E-state index contributed by atoms with van der Waals surface area (Å²) in [7, 11) is 0. The van der Waals surface area contributed by atoms with Crippen molar-refractivity contribution in [3.8, 4) is 17.0 Å². The SMILES string of the molecule is FC(F)(F)Oc1ccc2[nH]c(-c3ccc(C(F)(F)F)cc3)cc2c1. The third-order valence-electron chi connectivity index (χ3n) is 3.35. The number of benzene rings is 2. The predicted octanol–water partition coefficient (Wildman–Crippen LogP) is 5.75. The number of hydrogen-bond acceptors (Lipinski definition) is 1. The van der Waals surface area contributed by atoms with E-state index < -0.39 is 18.1 Å². The highest BCUT2D eigenvalue weighted by Gasteiger charge is 2.31. The number of aromatic amines is 1. The van der Waals surface area contributed by atoms with E-state index >= 15 is 0 Å². The maximum absolute atomic E-state index is 12.6. The normalized spacial score (nSPS) is 12.6. The van der Waals surface area contributed by atoms with Gasteiger partial charge in [0.2, 0.25) is 0 Å². The number of fused-ring (bicyclic) bond motifs is 1. The number of hydrogen-bond donors (Lipinski definition) is 1. The summed E-state index contributed by atoms with van der Waals surface area (Å²) in [4.78, 5) is 2.94. The molecule has 24 heavy (non-hydrogen) atoms. The molecule has 0 radical (unpaired) electrons. The Labute approximate surface area is 131 Å². The highest BCUT2D eigenvalue weighted by molar-refractivity contribution is 5.87. The number of ether oxygens (including phenoxy) is 1. The van der Waals surface area contributed by atoms with Crippen LogP contribution in [0.3, 0.4) is 0 Å². The lowest BCUT2D eigenvalue weighted by atomic mass is 10.1. The van der Waals surface area contributed by atoms with E-state index in [1.807, 2.05) is 0 Å². The summed E-state index contributed by atoms with van der Waals surface area (Å²) in [5.41, 5.74) is 0.739. The van der Waals surface area contributed by atoms with Gasteiger partial charge < -0.3 is 9.72 Å². The molecule has 3 aromatic rings. The smallest absolute Gasteiger partial charge is 0.406 e. The molecule has 0 aliphatic heterocycles. The Morgan fingerprint density at radius 3 is 2.04 bits per heavy atom. The first-order valence-corrected chi connectivity index (χ1v) is 6.68. The zero-order valence-corrected chi connectivity index (χ0v) is 11.8. The minimum Gasteiger partial charge on any atom is -0.406 e. The maximum Gasteiger partial charge on any atom is 0.573 e. The van der Waals surface area contributed by atoms with Crippen molar-refractivity contribution in [1.82, 2.24) is 4.98 Å². The van der Waals surface area contributed by atoms with Crippen molar-refractivity contribution in [2.75, 3.05) is 0 Å². The van der Waals surface area contributed by atoms with Gasteiger partial charge in [0, 0.05) is 16.6 Å². The molecule has 0 aliphatic carbocycles. The molecular weight excluding hydrogens is 336 g/mol. The van der Waals surface area contributed by atoms with Crippen LogP contribution in [0.1, 0.15) is 5.56 Å². The second-order valence-electron chi connectivity index (χ2n) is 5.05. The van der Waals surface area contributed by atoms with E-state index in [1.54, 1.807) is 6.07 Å². The Hall–Kier alpha value is -2.64. The molecule has 1 aromatic heterocycles. The molecule has 2 nitrogen and oxygen atoms in total. The minimum atomic E-state index is -4.79. The Morgan fingerprint density at radius 1 is 0.792 bits per heavy atom. The summed E-state index contributed by atoms with van der Waals surface area (Å²) in [6.45, 7) is 0. The fraction of sp³-hybridized carbons (Fsp3) is 0.125. The van der Waals surface area contributed by atoms with Crippen molar-refractivity contribution >= 4 is 10.9 Å². The van der Waals surface area contributed by atoms with Crippen LogP contribution in [0, 0.1) is 0 Å². The number of halogens is 6. The summed E-state index contributed by atoms with van der Waals surface area (Å²) < 4.78 is 78.2. The fourth-order valence-electron chi connectivity index (χ4n) is 2.30. The van der Waals surface area contributed by atoms with E-state index in [9.17, 15) is 26.3 Å². The molecule has 1 heterocycles. The number of H-pyrrole nitrogens is 1. The fourth-order valence-corrected chi connectivity index (χ4v) is 2.30. The number of aromatic nitrogens is 1. The van der Waals surface area contributed by atoms with E-state index in [1.165, 1.54) is 24.3 Å². The van der Waals surface area contributed by atoms with Crippen molar-refractivity contribution < 1.29 is 31.1 Å². The van der Waals surface area contributed by atoms with Gasteiger partial charge in [-0.3, -0.25) is 0 Å². The average Bonchev–Trinajstić information content (AvgIpc) is 2.88. The molecule has 0 saturated heterocycles. The molecule has 0 bridgehead atoms. The monoisotopic (exact) mass is 345 g/mol. The Morgan fingerprint density at radius 2 is 1.46 bits per heavy atom. The van der Waals surface area contributed by atoms with E-state index in [-0.39, 0.29) is 5.75 Å². The van der Waals surface area contributed by atoms with Crippen LogP contribution in [0.4, 0.5) is 26.3 Å². The molecule has 3 rings (SSSR count). The third kappa shape index (κ3) is 3.47. The first-order chi connectivity index (χ1) is 11.1. The highest BCUT2D eigenvalue weighted by Crippen LogP contribution is 2.32. The molecule has 0 saturated carbocycles. The Balaban J connectivity index is 1.93. The van der Waals surface area contributed by atoms with Crippen LogP contribution in [0.25, 0.3) is 22.2 Å². The number of nitrogens with one attached hydrogen (secondary N) is 1. The van der Waals surface area contributed by atoms with Gasteiger partial charge in [0.25, 0.3) is 0 Å². The van der Waals surface area contributed by atoms with Gasteiger partial charge in [-0.25, -0.2) is 0 Å². The van der Waals surface area contributed by atoms with Crippen molar-refractivity contribution in [3.63, 3.8) is 0 Å². The topological polar surface area (TPSA) is 25.0 Å². The van der Waals surface area contributed by atoms with Gasteiger partial charge in [-0.2, -0.15) is 13.2 Å². The Bertz CT molecular complexity index is 861. The van der Waals surface area contributed by atoms with Gasteiger partial charge in [-0.05, 0) is 42.0 Å². The third-order valence-corrected chi connectivity index (χ3v) is 3.35. The predicted molar refractivity (Wildman–Crippen MR) is 75.4 cm³/mol. The minimum absolute atomic E-state index is 0.368. The molecule has 0 unspecified atom stereocenters. The van der Waals surface area contributed by atoms with E-state index in [4.69, 9.17) is 0 Å². The van der Waals surface area contributed by atoms with E-state index in [0.717, 1.165) is 18.2 Å². The lowest BCUT2D eigenvalue weighted by Crippen LogP contribution is -2.16. The van der Waals surface area contributed by atoms with Crippen LogP contribution >= 0.6 is 0 Å². The molecule has 0 fully saturated rings. The van der Waals surface area contributed by atoms with Crippen LogP contribution < -0.4 is 4.74 Å². The summed E-state index contributed by atoms with van der Waals surface area (Å²) in [5, 5.41) is 0.451. The van der Waals surface area contributed by atoms with Gasteiger partial charge in [0.1, 0.15) is 5.75 Å². The zero-order valence-electron chi connectivity index (χ0n) is 11.8. The average molecular weight is 345 g/mol. The molecule has 2 aromatic carbocycles. The quantitative estimate of drug-likeness (QED) is 0.588. The molecule has 1 N–H and O–H groups in total. The highest BCUT2D eigenvalue weighted by atomic mass is 19.4. The maximum atomic E-state index is 12.6. The van der Waals surface area contributed by atoms with Gasteiger partial charge >= 0.3 is 12.5 Å². The van der Waals surface area contributed by atoms with Crippen molar-refractivity contribution in [3.05, 3.63) is 54.1 Å². The first kappa shape index (κ1) is 16.2. The molecule has 0 atom stereocenters. The van der Waals surface area contributed by atoms with Crippen molar-refractivity contribution in [2.24, 2.45) is 0 Å². The van der Waals surface area contributed by atoms with Gasteiger partial charge in [-0.1, -0.05) is 12.1 Å². The number of rotatable bonds is 2. The van der Waals surface area contributed by atoms with Gasteiger partial charge in [0.15, 0.2) is 0 Å². The van der Waals surface area contributed by atoms with Crippen LogP contribution in [-0.4, -0.2) is 11.3 Å². The van der Waals surface area contributed by atoms with Crippen LogP contribution in [-0.2, 0) is 6.18 Å². The van der Waals surface area contributed by atoms with Crippen LogP contribution in [0.15, 0.2) is 48.5 Å². The summed E-state index contributed by atoms with van der Waals surface area (Å²) in [5.74, 6) is -0.368. The number of alkyl halides is 6. The molecule has 8 heteroatoms. The summed E-state index contributed by atoms with van der Waals surface area (Å²) in [6, 6.07) is 9.78. The lowest BCUT2D eigenvalue weighted by Gasteiger charge is -2.08. The molecular formula is C16H9F6NO. The van der Waals surface area contributed by atoms with E-state index in [2.05, 4.69) is 9.72 Å². The Kier molecular flexibility index (Phi) is 3.70. The first-order valence-electron chi connectivity index (χ1n) is 6.68. The summed E-state index contributed by atoms with van der Waals surface area (Å²) >= 11 is 0. The van der Waals surface area contributed by atoms with Gasteiger partial charge in [-0.15, -0.1) is 13.2 Å². The second kappa shape index (κ2) is 5.47. The van der Waals surface area contributed by atoms with Crippen molar-refractivity contribution in [1.29, 1.82) is 0 Å². The second-order valence-corrected chi connectivity index (χ2v) is 5.05. The summed E-state index contributed by atoms with van der Waals surface area (Å²) in [6.07, 6.45) is -9.22. The zero-order chi connectivity index (χ0) is 17.5. The van der Waals surface area contributed by atoms with Gasteiger partial charge in [0.05, 0.1) is 5.56 Å². The molecule has 0 spiro atoms. The standard InChI is InChI=1S/C16H9F6NO/c17-15(18,19)11-3-1-9(2-4-11)14-8-10-7-12(24-16(20,21)22)5-6-13(10)23-14/h1-8,23H.